The molecule has 2 aromatic heterocycles. The van der Waals surface area contributed by atoms with Crippen molar-refractivity contribution >= 4 is 11.6 Å². The Balaban J connectivity index is 2.03. The fourth-order valence-electron chi connectivity index (χ4n) is 3.05. The fourth-order valence-corrected chi connectivity index (χ4v) is 3.05. The minimum absolute atomic E-state index is 0.00440. The Labute approximate surface area is 158 Å². The molecule has 0 aromatic carbocycles. The van der Waals surface area contributed by atoms with Crippen LogP contribution in [0.25, 0.3) is 0 Å². The number of hydrogen-bond donors (Lipinski definition) is 1. The highest BCUT2D eigenvalue weighted by Gasteiger charge is 2.22. The van der Waals surface area contributed by atoms with E-state index in [-0.39, 0.29) is 29.9 Å². The van der Waals surface area contributed by atoms with Gasteiger partial charge in [-0.15, -0.1) is 0 Å². The third-order valence-electron chi connectivity index (χ3n) is 4.52. The van der Waals surface area contributed by atoms with Crippen molar-refractivity contribution in [3.05, 3.63) is 45.2 Å². The van der Waals surface area contributed by atoms with E-state index in [9.17, 15) is 14.9 Å². The van der Waals surface area contributed by atoms with Crippen LogP contribution in [0.1, 0.15) is 48.5 Å². The normalized spacial score (nSPS) is 12.4. The van der Waals surface area contributed by atoms with Crippen molar-refractivity contribution in [2.45, 2.75) is 47.2 Å². The summed E-state index contributed by atoms with van der Waals surface area (Å²) in [6, 6.07) is 3.28. The zero-order chi connectivity index (χ0) is 20.1. The summed E-state index contributed by atoms with van der Waals surface area (Å²) in [5, 5.41) is 18.2. The van der Waals surface area contributed by atoms with E-state index in [0.29, 0.717) is 17.1 Å². The number of aromatic nitrogens is 2. The first-order chi connectivity index (χ1) is 12.8. The van der Waals surface area contributed by atoms with Crippen molar-refractivity contribution in [3.63, 3.8) is 0 Å². The summed E-state index contributed by atoms with van der Waals surface area (Å²) in [4.78, 5) is 25.2. The first-order valence-electron chi connectivity index (χ1n) is 9.07. The molecule has 0 aliphatic carbocycles. The van der Waals surface area contributed by atoms with Crippen LogP contribution in [0.3, 0.4) is 0 Å². The molecule has 0 saturated heterocycles. The van der Waals surface area contributed by atoms with E-state index in [4.69, 9.17) is 4.42 Å². The number of nitrogens with zero attached hydrogens (tertiary/aromatic N) is 4. The summed E-state index contributed by atoms with van der Waals surface area (Å²) < 4.78 is 7.13. The number of nitrogens with one attached hydrogen (secondary N) is 1. The van der Waals surface area contributed by atoms with Gasteiger partial charge in [0.15, 0.2) is 5.76 Å². The number of carbonyl (C=O) groups excluding carboxylic acids is 1. The van der Waals surface area contributed by atoms with E-state index in [1.54, 1.807) is 26.0 Å². The van der Waals surface area contributed by atoms with E-state index >= 15 is 0 Å². The highest BCUT2D eigenvalue weighted by Crippen LogP contribution is 2.23. The Bertz CT molecular complexity index is 807. The maximum atomic E-state index is 12.4. The lowest BCUT2D eigenvalue weighted by Crippen LogP contribution is -2.41. The molecule has 0 radical (unpaired) electrons. The Kier molecular flexibility index (Phi) is 6.73. The van der Waals surface area contributed by atoms with Crippen LogP contribution in [-0.2, 0) is 6.54 Å². The van der Waals surface area contributed by atoms with Gasteiger partial charge in [0, 0.05) is 12.6 Å². The summed E-state index contributed by atoms with van der Waals surface area (Å²) in [6.07, 6.45) is 0. The van der Waals surface area contributed by atoms with Crippen molar-refractivity contribution < 1.29 is 14.1 Å². The Morgan fingerprint density at radius 3 is 2.59 bits per heavy atom. The second-order valence-electron chi connectivity index (χ2n) is 6.56. The second-order valence-corrected chi connectivity index (χ2v) is 6.56. The van der Waals surface area contributed by atoms with Crippen molar-refractivity contribution in [3.8, 4) is 0 Å². The SMILES string of the molecule is CCN(CC)C[C@H](C)NC(=O)c1ccc(Cn2nc(C)c([N+](=O)[O-])c2C)o1. The van der Waals surface area contributed by atoms with Crippen LogP contribution in [0.5, 0.6) is 0 Å². The maximum absolute atomic E-state index is 12.4. The van der Waals surface area contributed by atoms with Crippen molar-refractivity contribution in [2.24, 2.45) is 0 Å². The van der Waals surface area contributed by atoms with Crippen LogP contribution in [0.4, 0.5) is 5.69 Å². The Hall–Kier alpha value is -2.68. The van der Waals surface area contributed by atoms with E-state index in [2.05, 4.69) is 29.2 Å². The second kappa shape index (κ2) is 8.81. The number of rotatable bonds is 9. The van der Waals surface area contributed by atoms with Crippen LogP contribution < -0.4 is 5.32 Å². The summed E-state index contributed by atoms with van der Waals surface area (Å²) in [7, 11) is 0. The molecule has 9 heteroatoms. The van der Waals surface area contributed by atoms with Crippen LogP contribution in [0, 0.1) is 24.0 Å². The molecular weight excluding hydrogens is 350 g/mol. The first kappa shape index (κ1) is 20.6. The van der Waals surface area contributed by atoms with Gasteiger partial charge in [0.05, 0.1) is 11.5 Å². The monoisotopic (exact) mass is 377 g/mol. The van der Waals surface area contributed by atoms with Gasteiger partial charge < -0.3 is 14.6 Å². The standard InChI is InChI=1S/C18H27N5O4/c1-6-21(7-2)10-12(3)19-18(24)16-9-8-15(27-16)11-22-14(5)17(23(25)26)13(4)20-22/h8-9,12H,6-7,10-11H2,1-5H3,(H,19,24)/t12-/m0/s1. The molecule has 148 valence electrons. The minimum Gasteiger partial charge on any atom is -0.454 e. The fraction of sp³-hybridized carbons (Fsp3) is 0.556. The third-order valence-corrected chi connectivity index (χ3v) is 4.52. The summed E-state index contributed by atoms with van der Waals surface area (Å²) in [6.45, 7) is 12.2. The lowest BCUT2D eigenvalue weighted by atomic mass is 10.3. The van der Waals surface area contributed by atoms with Gasteiger partial charge in [0.25, 0.3) is 5.91 Å². The number of carbonyl (C=O) groups is 1. The summed E-state index contributed by atoms with van der Waals surface area (Å²) >= 11 is 0. The smallest absolute Gasteiger partial charge is 0.312 e. The molecule has 0 fully saturated rings. The van der Waals surface area contributed by atoms with E-state index < -0.39 is 4.92 Å². The van der Waals surface area contributed by atoms with Crippen LogP contribution in [0.15, 0.2) is 16.5 Å². The molecular formula is C18H27N5O4. The average molecular weight is 377 g/mol. The molecule has 2 aromatic rings. The topological polar surface area (TPSA) is 106 Å². The van der Waals surface area contributed by atoms with Crippen molar-refractivity contribution in [1.82, 2.24) is 20.0 Å². The summed E-state index contributed by atoms with van der Waals surface area (Å²) in [5.41, 5.74) is 0.810. The van der Waals surface area contributed by atoms with Crippen LogP contribution in [-0.4, -0.2) is 51.2 Å². The Morgan fingerprint density at radius 1 is 1.37 bits per heavy atom. The van der Waals surface area contributed by atoms with Gasteiger partial charge in [-0.2, -0.15) is 5.10 Å². The third kappa shape index (κ3) is 4.94. The molecule has 9 nitrogen and oxygen atoms in total. The minimum atomic E-state index is -0.438. The molecule has 0 bridgehead atoms. The van der Waals surface area contributed by atoms with Gasteiger partial charge in [0.1, 0.15) is 17.1 Å². The van der Waals surface area contributed by atoms with Gasteiger partial charge in [-0.1, -0.05) is 13.8 Å². The lowest BCUT2D eigenvalue weighted by molar-refractivity contribution is -0.386. The molecule has 27 heavy (non-hydrogen) atoms. The highest BCUT2D eigenvalue weighted by molar-refractivity contribution is 5.91. The number of likely N-dealkylation sites (N-methyl/N-ethyl adjacent to an activating group) is 1. The predicted molar refractivity (Wildman–Crippen MR) is 101 cm³/mol. The summed E-state index contributed by atoms with van der Waals surface area (Å²) in [5.74, 6) is 0.449. The lowest BCUT2D eigenvalue weighted by Gasteiger charge is -2.23. The molecule has 1 N–H and O–H groups in total. The highest BCUT2D eigenvalue weighted by atomic mass is 16.6. The van der Waals surface area contributed by atoms with E-state index in [1.165, 1.54) is 4.68 Å². The number of furan rings is 1. The molecule has 0 spiro atoms. The number of nitro groups is 1. The average Bonchev–Trinajstić information content (AvgIpc) is 3.17. The van der Waals surface area contributed by atoms with Crippen LogP contribution in [0.2, 0.25) is 0 Å². The molecule has 0 saturated carbocycles. The molecule has 0 aliphatic rings. The largest absolute Gasteiger partial charge is 0.454 e. The van der Waals surface area contributed by atoms with Gasteiger partial charge in [-0.25, -0.2) is 0 Å². The van der Waals surface area contributed by atoms with E-state index in [1.807, 2.05) is 6.92 Å². The molecule has 2 heterocycles. The number of amides is 1. The quantitative estimate of drug-likeness (QED) is 0.531. The van der Waals surface area contributed by atoms with Crippen LogP contribution >= 0.6 is 0 Å². The van der Waals surface area contributed by atoms with Gasteiger partial charge in [-0.05, 0) is 46.0 Å². The maximum Gasteiger partial charge on any atom is 0.312 e. The molecule has 0 aliphatic heterocycles. The van der Waals surface area contributed by atoms with Gasteiger partial charge in [0.2, 0.25) is 0 Å². The molecule has 1 atom stereocenters. The molecule has 0 unspecified atom stereocenters. The van der Waals surface area contributed by atoms with E-state index in [0.717, 1.165) is 19.6 Å². The number of aryl methyl sites for hydroxylation is 1. The number of hydrogen-bond acceptors (Lipinski definition) is 6. The molecule has 1 amide bonds. The van der Waals surface area contributed by atoms with Gasteiger partial charge in [-0.3, -0.25) is 19.6 Å². The zero-order valence-electron chi connectivity index (χ0n) is 16.5. The van der Waals surface area contributed by atoms with Gasteiger partial charge >= 0.3 is 5.69 Å². The first-order valence-corrected chi connectivity index (χ1v) is 9.07. The molecule has 2 rings (SSSR count). The predicted octanol–water partition coefficient (Wildman–Crippen LogP) is 2.51. The van der Waals surface area contributed by atoms with Crippen molar-refractivity contribution in [2.75, 3.05) is 19.6 Å². The Morgan fingerprint density at radius 2 is 2.04 bits per heavy atom. The zero-order valence-corrected chi connectivity index (χ0v) is 16.5. The van der Waals surface area contributed by atoms with Crippen molar-refractivity contribution in [1.29, 1.82) is 0 Å².